The number of hydrogen-bond acceptors (Lipinski definition) is 4. The molecule has 2 N–H and O–H groups in total. The van der Waals surface area contributed by atoms with Crippen molar-refractivity contribution in [2.45, 2.75) is 12.8 Å². The van der Waals surface area contributed by atoms with E-state index in [1.54, 1.807) is 12.1 Å². The summed E-state index contributed by atoms with van der Waals surface area (Å²) in [4.78, 5) is 14.3. The smallest absolute Gasteiger partial charge is 0.270 e. The number of ether oxygens (including phenoxy) is 1. The van der Waals surface area contributed by atoms with Gasteiger partial charge in [0.25, 0.3) is 5.56 Å². The Hall–Kier alpha value is -2.32. The second-order valence-corrected chi connectivity index (χ2v) is 5.10. The molecule has 5 heteroatoms. The summed E-state index contributed by atoms with van der Waals surface area (Å²) in [5.41, 5.74) is 0.851. The molecule has 0 radical (unpaired) electrons. The van der Waals surface area contributed by atoms with E-state index in [1.807, 2.05) is 12.1 Å². The van der Waals surface area contributed by atoms with Gasteiger partial charge in [-0.2, -0.15) is 5.26 Å². The minimum absolute atomic E-state index is 0.241. The maximum Gasteiger partial charge on any atom is 0.270 e. The molecule has 0 spiro atoms. The molecule has 2 aromatic rings. The van der Waals surface area contributed by atoms with Gasteiger partial charge in [0.15, 0.2) is 5.56 Å². The Morgan fingerprint density at radius 2 is 2.35 bits per heavy atom. The Morgan fingerprint density at radius 1 is 1.50 bits per heavy atom. The third-order valence-electron chi connectivity index (χ3n) is 3.71. The van der Waals surface area contributed by atoms with Crippen molar-refractivity contribution in [3.05, 3.63) is 39.7 Å². The molecule has 1 atom stereocenters. The molecule has 1 aliphatic rings. The van der Waals surface area contributed by atoms with Crippen LogP contribution in [0.4, 0.5) is 0 Å². The number of H-pyrrole nitrogens is 1. The molecule has 0 aliphatic carbocycles. The van der Waals surface area contributed by atoms with Gasteiger partial charge in [0.1, 0.15) is 11.8 Å². The zero-order valence-electron chi connectivity index (χ0n) is 10.8. The van der Waals surface area contributed by atoms with E-state index in [0.29, 0.717) is 16.8 Å². The van der Waals surface area contributed by atoms with E-state index in [0.717, 1.165) is 31.6 Å². The van der Waals surface area contributed by atoms with Gasteiger partial charge in [0, 0.05) is 18.6 Å². The first-order valence-electron chi connectivity index (χ1n) is 6.55. The summed E-state index contributed by atoms with van der Waals surface area (Å²) in [7, 11) is 0. The predicted octanol–water partition coefficient (Wildman–Crippen LogP) is 1.68. The number of nitrogens with one attached hydrogen (secondary N) is 1. The largest absolute Gasteiger partial charge is 0.506 e. The summed E-state index contributed by atoms with van der Waals surface area (Å²) in [6.07, 6.45) is 1.94. The van der Waals surface area contributed by atoms with Gasteiger partial charge in [-0.05, 0) is 36.5 Å². The zero-order valence-corrected chi connectivity index (χ0v) is 10.8. The van der Waals surface area contributed by atoms with Crippen molar-refractivity contribution in [2.75, 3.05) is 13.2 Å². The molecule has 1 unspecified atom stereocenters. The van der Waals surface area contributed by atoms with E-state index in [9.17, 15) is 9.90 Å². The Balaban J connectivity index is 2.03. The number of rotatable bonds is 2. The van der Waals surface area contributed by atoms with Crippen LogP contribution in [0.15, 0.2) is 23.0 Å². The van der Waals surface area contributed by atoms with Crippen molar-refractivity contribution >= 4 is 10.9 Å². The Bertz CT molecular complexity index is 752. The highest BCUT2D eigenvalue weighted by atomic mass is 16.5. The SMILES string of the molecule is N#Cc1c(O)c2ccc(CC3CCOC3)cc2[nH]c1=O. The van der Waals surface area contributed by atoms with E-state index in [4.69, 9.17) is 10.00 Å². The van der Waals surface area contributed by atoms with Crippen LogP contribution in [0.25, 0.3) is 10.9 Å². The highest BCUT2D eigenvalue weighted by molar-refractivity contribution is 5.87. The van der Waals surface area contributed by atoms with Crippen LogP contribution in [0.1, 0.15) is 17.5 Å². The van der Waals surface area contributed by atoms with Crippen molar-refractivity contribution in [3.8, 4) is 11.8 Å². The van der Waals surface area contributed by atoms with Gasteiger partial charge < -0.3 is 14.8 Å². The van der Waals surface area contributed by atoms with Crippen LogP contribution >= 0.6 is 0 Å². The molecule has 0 bridgehead atoms. The summed E-state index contributed by atoms with van der Waals surface area (Å²) in [5.74, 6) is 0.258. The first-order chi connectivity index (χ1) is 9.69. The molecular formula is C15H14N2O3. The fourth-order valence-corrected chi connectivity index (χ4v) is 2.64. The highest BCUT2D eigenvalue weighted by Gasteiger charge is 2.17. The van der Waals surface area contributed by atoms with Gasteiger partial charge in [-0.1, -0.05) is 6.07 Å². The molecule has 2 heterocycles. The van der Waals surface area contributed by atoms with E-state index in [2.05, 4.69) is 4.98 Å². The van der Waals surface area contributed by atoms with E-state index < -0.39 is 5.56 Å². The number of aromatic nitrogens is 1. The summed E-state index contributed by atoms with van der Waals surface area (Å²) in [6, 6.07) is 7.23. The molecule has 1 aromatic carbocycles. The molecule has 0 saturated carbocycles. The number of aromatic amines is 1. The summed E-state index contributed by atoms with van der Waals surface area (Å²) >= 11 is 0. The van der Waals surface area contributed by atoms with Crippen LogP contribution in [0.2, 0.25) is 0 Å². The van der Waals surface area contributed by atoms with Crippen molar-refractivity contribution < 1.29 is 9.84 Å². The normalized spacial score (nSPS) is 18.2. The number of hydrogen-bond donors (Lipinski definition) is 2. The zero-order chi connectivity index (χ0) is 14.1. The van der Waals surface area contributed by atoms with Crippen LogP contribution in [0.5, 0.6) is 5.75 Å². The maximum absolute atomic E-state index is 11.7. The molecule has 1 aliphatic heterocycles. The van der Waals surface area contributed by atoms with Gasteiger partial charge in [-0.25, -0.2) is 0 Å². The highest BCUT2D eigenvalue weighted by Crippen LogP contribution is 2.26. The molecule has 1 fully saturated rings. The van der Waals surface area contributed by atoms with Crippen molar-refractivity contribution in [3.63, 3.8) is 0 Å². The molecular weight excluding hydrogens is 256 g/mol. The third kappa shape index (κ3) is 2.15. The van der Waals surface area contributed by atoms with Crippen LogP contribution in [0, 0.1) is 17.2 Å². The molecule has 5 nitrogen and oxygen atoms in total. The fourth-order valence-electron chi connectivity index (χ4n) is 2.64. The molecule has 102 valence electrons. The number of benzene rings is 1. The van der Waals surface area contributed by atoms with Crippen LogP contribution in [-0.4, -0.2) is 23.3 Å². The Kier molecular flexibility index (Phi) is 3.17. The van der Waals surface area contributed by atoms with Gasteiger partial charge in [0.2, 0.25) is 0 Å². The number of nitrogens with zero attached hydrogens (tertiary/aromatic N) is 1. The minimum Gasteiger partial charge on any atom is -0.506 e. The minimum atomic E-state index is -0.557. The molecule has 3 rings (SSSR count). The first-order valence-corrected chi connectivity index (χ1v) is 6.55. The third-order valence-corrected chi connectivity index (χ3v) is 3.71. The van der Waals surface area contributed by atoms with Gasteiger partial charge >= 0.3 is 0 Å². The van der Waals surface area contributed by atoms with Crippen LogP contribution in [-0.2, 0) is 11.2 Å². The Labute approximate surface area is 115 Å². The standard InChI is InChI=1S/C15H14N2O3/c16-7-12-14(18)11-2-1-9(5-10-3-4-20-8-10)6-13(11)17-15(12)19/h1-2,6,10H,3-5,8H2,(H2,17,18,19). The number of aromatic hydroxyl groups is 1. The average Bonchev–Trinajstić information content (AvgIpc) is 2.91. The average molecular weight is 270 g/mol. The lowest BCUT2D eigenvalue weighted by molar-refractivity contribution is 0.186. The molecule has 1 saturated heterocycles. The summed E-state index contributed by atoms with van der Waals surface area (Å²) in [5, 5.41) is 19.3. The van der Waals surface area contributed by atoms with Gasteiger partial charge in [-0.3, -0.25) is 4.79 Å². The number of nitriles is 1. The summed E-state index contributed by atoms with van der Waals surface area (Å²) in [6.45, 7) is 1.58. The second kappa shape index (κ2) is 4.99. The van der Waals surface area contributed by atoms with E-state index in [1.165, 1.54) is 0 Å². The lowest BCUT2D eigenvalue weighted by Gasteiger charge is -2.09. The van der Waals surface area contributed by atoms with Gasteiger partial charge in [0.05, 0.1) is 5.52 Å². The lowest BCUT2D eigenvalue weighted by Crippen LogP contribution is -2.10. The van der Waals surface area contributed by atoms with Crippen LogP contribution < -0.4 is 5.56 Å². The fraction of sp³-hybridized carbons (Fsp3) is 0.333. The summed E-state index contributed by atoms with van der Waals surface area (Å²) < 4.78 is 5.35. The number of fused-ring (bicyclic) bond motifs is 1. The van der Waals surface area contributed by atoms with Gasteiger partial charge in [-0.15, -0.1) is 0 Å². The van der Waals surface area contributed by atoms with E-state index in [-0.39, 0.29) is 11.3 Å². The molecule has 1 aromatic heterocycles. The quantitative estimate of drug-likeness (QED) is 0.869. The maximum atomic E-state index is 11.7. The first kappa shape index (κ1) is 12.7. The van der Waals surface area contributed by atoms with Crippen molar-refractivity contribution in [1.82, 2.24) is 4.98 Å². The molecule has 0 amide bonds. The van der Waals surface area contributed by atoms with Crippen molar-refractivity contribution in [2.24, 2.45) is 5.92 Å². The molecule has 20 heavy (non-hydrogen) atoms. The lowest BCUT2D eigenvalue weighted by atomic mass is 9.97. The topological polar surface area (TPSA) is 86.1 Å². The Morgan fingerprint density at radius 3 is 3.05 bits per heavy atom. The van der Waals surface area contributed by atoms with Crippen LogP contribution in [0.3, 0.4) is 0 Å². The monoisotopic (exact) mass is 270 g/mol. The van der Waals surface area contributed by atoms with E-state index >= 15 is 0 Å². The second-order valence-electron chi connectivity index (χ2n) is 5.10. The van der Waals surface area contributed by atoms with Crippen molar-refractivity contribution in [1.29, 1.82) is 5.26 Å². The number of pyridine rings is 1. The predicted molar refractivity (Wildman–Crippen MR) is 73.6 cm³/mol.